The molecule has 1 heterocycles. The molecule has 24 heavy (non-hydrogen) atoms. The SMILES string of the molecule is CCN(CC)C(=O)C(C)Sc1nnc(Nc2ccccc2OC)s1. The van der Waals surface area contributed by atoms with Crippen molar-refractivity contribution in [2.24, 2.45) is 0 Å². The van der Waals surface area contributed by atoms with E-state index in [0.29, 0.717) is 5.13 Å². The Bertz CT molecular complexity index is 674. The first-order valence-electron chi connectivity index (χ1n) is 7.78. The highest BCUT2D eigenvalue weighted by Crippen LogP contribution is 2.33. The van der Waals surface area contributed by atoms with Gasteiger partial charge < -0.3 is 15.0 Å². The maximum Gasteiger partial charge on any atom is 0.235 e. The minimum atomic E-state index is -0.183. The molecule has 0 saturated carbocycles. The maximum absolute atomic E-state index is 12.3. The van der Waals surface area contributed by atoms with Gasteiger partial charge in [0.25, 0.3) is 0 Å². The van der Waals surface area contributed by atoms with Gasteiger partial charge in [-0.25, -0.2) is 0 Å². The summed E-state index contributed by atoms with van der Waals surface area (Å²) in [4.78, 5) is 14.1. The van der Waals surface area contributed by atoms with E-state index in [4.69, 9.17) is 4.74 Å². The third-order valence-corrected chi connectivity index (χ3v) is 5.47. The first-order chi connectivity index (χ1) is 11.6. The van der Waals surface area contributed by atoms with Crippen molar-refractivity contribution in [1.29, 1.82) is 0 Å². The van der Waals surface area contributed by atoms with E-state index in [1.54, 1.807) is 7.11 Å². The van der Waals surface area contributed by atoms with Gasteiger partial charge in [-0.05, 0) is 32.9 Å². The number of nitrogens with zero attached hydrogens (tertiary/aromatic N) is 3. The van der Waals surface area contributed by atoms with Crippen LogP contribution in [0, 0.1) is 0 Å². The molecule has 0 radical (unpaired) electrons. The Labute approximate surface area is 150 Å². The molecule has 1 atom stereocenters. The molecule has 1 aromatic carbocycles. The zero-order valence-corrected chi connectivity index (χ0v) is 15.9. The first-order valence-corrected chi connectivity index (χ1v) is 9.47. The Hall–Kier alpha value is -1.80. The highest BCUT2D eigenvalue weighted by molar-refractivity contribution is 8.02. The maximum atomic E-state index is 12.3. The van der Waals surface area contributed by atoms with Gasteiger partial charge >= 0.3 is 0 Å². The Balaban J connectivity index is 2.01. The minimum Gasteiger partial charge on any atom is -0.495 e. The summed E-state index contributed by atoms with van der Waals surface area (Å²) >= 11 is 2.86. The fourth-order valence-corrected chi connectivity index (χ4v) is 4.16. The highest BCUT2D eigenvalue weighted by atomic mass is 32.2. The fourth-order valence-electron chi connectivity index (χ4n) is 2.17. The largest absolute Gasteiger partial charge is 0.495 e. The molecule has 0 aliphatic heterocycles. The highest BCUT2D eigenvalue weighted by Gasteiger charge is 2.21. The molecular formula is C16H22N4O2S2. The van der Waals surface area contributed by atoms with Gasteiger partial charge in [-0.3, -0.25) is 4.79 Å². The summed E-state index contributed by atoms with van der Waals surface area (Å²) in [5, 5.41) is 12.0. The molecule has 2 aromatic rings. The normalized spacial score (nSPS) is 11.8. The van der Waals surface area contributed by atoms with Crippen LogP contribution in [0.3, 0.4) is 0 Å². The smallest absolute Gasteiger partial charge is 0.235 e. The molecule has 0 fully saturated rings. The second-order valence-corrected chi connectivity index (χ2v) is 7.53. The van der Waals surface area contributed by atoms with Gasteiger partial charge in [0.1, 0.15) is 5.75 Å². The summed E-state index contributed by atoms with van der Waals surface area (Å²) in [6, 6.07) is 7.63. The van der Waals surface area contributed by atoms with Crippen LogP contribution < -0.4 is 10.1 Å². The van der Waals surface area contributed by atoms with Crippen LogP contribution in [0.4, 0.5) is 10.8 Å². The second-order valence-electron chi connectivity index (χ2n) is 4.97. The van der Waals surface area contributed by atoms with Crippen LogP contribution in [0.1, 0.15) is 20.8 Å². The van der Waals surface area contributed by atoms with Crippen LogP contribution in [0.25, 0.3) is 0 Å². The van der Waals surface area contributed by atoms with Crippen LogP contribution in [-0.2, 0) is 4.79 Å². The number of carbonyl (C=O) groups is 1. The third kappa shape index (κ3) is 4.61. The summed E-state index contributed by atoms with van der Waals surface area (Å²) in [6.45, 7) is 7.31. The van der Waals surface area contributed by atoms with Crippen molar-refractivity contribution in [1.82, 2.24) is 15.1 Å². The van der Waals surface area contributed by atoms with Crippen LogP contribution >= 0.6 is 23.1 Å². The van der Waals surface area contributed by atoms with Crippen molar-refractivity contribution in [3.8, 4) is 5.75 Å². The molecule has 1 unspecified atom stereocenters. The Morgan fingerprint density at radius 1 is 1.33 bits per heavy atom. The Morgan fingerprint density at radius 2 is 2.04 bits per heavy atom. The molecule has 0 aliphatic rings. The number of methoxy groups -OCH3 is 1. The number of para-hydroxylation sites is 2. The van der Waals surface area contributed by atoms with E-state index in [0.717, 1.165) is 28.9 Å². The number of nitrogens with one attached hydrogen (secondary N) is 1. The molecule has 8 heteroatoms. The lowest BCUT2D eigenvalue weighted by Gasteiger charge is -2.21. The first kappa shape index (κ1) is 18.5. The summed E-state index contributed by atoms with van der Waals surface area (Å²) in [7, 11) is 1.63. The second kappa shape index (κ2) is 8.89. The molecule has 0 bridgehead atoms. The lowest BCUT2D eigenvalue weighted by Crippen LogP contribution is -2.36. The Kier molecular flexibility index (Phi) is 6.86. The molecule has 6 nitrogen and oxygen atoms in total. The summed E-state index contributed by atoms with van der Waals surface area (Å²) in [6.07, 6.45) is 0. The molecule has 1 aromatic heterocycles. The average Bonchev–Trinajstić information content (AvgIpc) is 3.03. The number of thioether (sulfide) groups is 1. The van der Waals surface area contributed by atoms with Crippen molar-refractivity contribution < 1.29 is 9.53 Å². The monoisotopic (exact) mass is 366 g/mol. The van der Waals surface area contributed by atoms with E-state index >= 15 is 0 Å². The van der Waals surface area contributed by atoms with E-state index in [1.165, 1.54) is 23.1 Å². The van der Waals surface area contributed by atoms with E-state index in [9.17, 15) is 4.79 Å². The number of anilines is 2. The molecule has 1 N–H and O–H groups in total. The van der Waals surface area contributed by atoms with Gasteiger partial charge in [0.2, 0.25) is 11.0 Å². The zero-order chi connectivity index (χ0) is 17.5. The zero-order valence-electron chi connectivity index (χ0n) is 14.3. The number of aromatic nitrogens is 2. The third-order valence-electron chi connectivity index (χ3n) is 3.46. The summed E-state index contributed by atoms with van der Waals surface area (Å²) < 4.78 is 6.07. The van der Waals surface area contributed by atoms with Gasteiger partial charge in [0, 0.05) is 13.1 Å². The molecule has 0 aliphatic carbocycles. The number of hydrogen-bond acceptors (Lipinski definition) is 7. The van der Waals surface area contributed by atoms with Crippen LogP contribution in [-0.4, -0.2) is 46.5 Å². The minimum absolute atomic E-state index is 0.124. The van der Waals surface area contributed by atoms with Crippen molar-refractivity contribution in [2.75, 3.05) is 25.5 Å². The fraction of sp³-hybridized carbons (Fsp3) is 0.438. The number of carbonyl (C=O) groups excluding carboxylic acids is 1. The molecule has 1 amide bonds. The summed E-state index contributed by atoms with van der Waals surface area (Å²) in [5.74, 6) is 0.867. The molecular weight excluding hydrogens is 344 g/mol. The molecule has 130 valence electrons. The lowest BCUT2D eigenvalue weighted by atomic mass is 10.3. The average molecular weight is 367 g/mol. The van der Waals surface area contributed by atoms with E-state index in [2.05, 4.69) is 15.5 Å². The van der Waals surface area contributed by atoms with Crippen LogP contribution in [0.5, 0.6) is 5.75 Å². The quantitative estimate of drug-likeness (QED) is 0.720. The van der Waals surface area contributed by atoms with Crippen molar-refractivity contribution in [3.05, 3.63) is 24.3 Å². The topological polar surface area (TPSA) is 67.4 Å². The Morgan fingerprint density at radius 3 is 2.71 bits per heavy atom. The van der Waals surface area contributed by atoms with Crippen molar-refractivity contribution >= 4 is 39.8 Å². The standard InChI is InChI=1S/C16H22N4O2S2/c1-5-20(6-2)14(21)11(3)23-16-19-18-15(24-16)17-12-9-7-8-10-13(12)22-4/h7-11H,5-6H2,1-4H3,(H,17,18). The predicted molar refractivity (Wildman–Crippen MR) is 99.4 cm³/mol. The van der Waals surface area contributed by atoms with Crippen molar-refractivity contribution in [2.45, 2.75) is 30.4 Å². The van der Waals surface area contributed by atoms with Crippen LogP contribution in [0.2, 0.25) is 0 Å². The number of rotatable bonds is 8. The van der Waals surface area contributed by atoms with Gasteiger partial charge in [-0.2, -0.15) is 0 Å². The molecule has 0 saturated heterocycles. The van der Waals surface area contributed by atoms with E-state index < -0.39 is 0 Å². The number of ether oxygens (including phenoxy) is 1. The summed E-state index contributed by atoms with van der Waals surface area (Å²) in [5.41, 5.74) is 0.833. The number of hydrogen-bond donors (Lipinski definition) is 1. The van der Waals surface area contributed by atoms with Crippen molar-refractivity contribution in [3.63, 3.8) is 0 Å². The van der Waals surface area contributed by atoms with Gasteiger partial charge in [0.15, 0.2) is 4.34 Å². The molecule has 0 spiro atoms. The predicted octanol–water partition coefficient (Wildman–Crippen LogP) is 3.64. The lowest BCUT2D eigenvalue weighted by molar-refractivity contribution is -0.129. The van der Waals surface area contributed by atoms with Gasteiger partial charge in [-0.1, -0.05) is 35.2 Å². The number of amides is 1. The van der Waals surface area contributed by atoms with E-state index in [-0.39, 0.29) is 11.2 Å². The van der Waals surface area contributed by atoms with Gasteiger partial charge in [0.05, 0.1) is 18.0 Å². The molecule has 2 rings (SSSR count). The van der Waals surface area contributed by atoms with E-state index in [1.807, 2.05) is 49.9 Å². The van der Waals surface area contributed by atoms with Gasteiger partial charge in [-0.15, -0.1) is 10.2 Å². The van der Waals surface area contributed by atoms with Crippen LogP contribution in [0.15, 0.2) is 28.6 Å². The number of benzene rings is 1.